The van der Waals surface area contributed by atoms with Crippen LogP contribution < -0.4 is 5.32 Å². The Morgan fingerprint density at radius 3 is 2.45 bits per heavy atom. The Morgan fingerprint density at radius 2 is 1.90 bits per heavy atom. The van der Waals surface area contributed by atoms with E-state index >= 15 is 0 Å². The first kappa shape index (κ1) is 14.8. The van der Waals surface area contributed by atoms with Crippen LogP contribution in [0, 0.1) is 13.8 Å². The van der Waals surface area contributed by atoms with Gasteiger partial charge in [-0.15, -0.1) is 0 Å². The number of aryl methyl sites for hydroxylation is 2. The fourth-order valence-corrected chi connectivity index (χ4v) is 2.38. The van der Waals surface area contributed by atoms with Crippen molar-refractivity contribution < 1.29 is 0 Å². The average molecular weight is 271 g/mol. The lowest BCUT2D eigenvalue weighted by Crippen LogP contribution is -2.22. The van der Waals surface area contributed by atoms with Crippen LogP contribution in [0.2, 0.25) is 0 Å². The molecule has 108 valence electrons. The molecule has 0 radical (unpaired) electrons. The predicted molar refractivity (Wildman–Crippen MR) is 84.9 cm³/mol. The molecule has 0 unspecified atom stereocenters. The van der Waals surface area contributed by atoms with Crippen molar-refractivity contribution in [2.24, 2.45) is 0 Å². The Morgan fingerprint density at radius 1 is 1.20 bits per heavy atom. The highest BCUT2D eigenvalue weighted by molar-refractivity contribution is 5.67. The van der Waals surface area contributed by atoms with Crippen molar-refractivity contribution in [3.63, 3.8) is 0 Å². The van der Waals surface area contributed by atoms with Crippen LogP contribution in [0.1, 0.15) is 37.5 Å². The molecule has 1 heterocycles. The molecule has 0 saturated heterocycles. The van der Waals surface area contributed by atoms with Gasteiger partial charge in [0.15, 0.2) is 0 Å². The Labute approximate surface area is 122 Å². The first-order valence-electron chi connectivity index (χ1n) is 7.14. The van der Waals surface area contributed by atoms with Crippen molar-refractivity contribution in [1.29, 1.82) is 0 Å². The van der Waals surface area contributed by atoms with Crippen LogP contribution >= 0.6 is 0 Å². The summed E-state index contributed by atoms with van der Waals surface area (Å²) in [6.07, 6.45) is 2.16. The van der Waals surface area contributed by atoms with Crippen molar-refractivity contribution in [2.45, 2.75) is 46.7 Å². The smallest absolute Gasteiger partial charge is 0.0971 e. The number of nitrogens with zero attached hydrogens (tertiary/aromatic N) is 2. The minimum absolute atomic E-state index is 0.000652. The third kappa shape index (κ3) is 2.93. The highest BCUT2D eigenvalue weighted by Gasteiger charge is 2.19. The van der Waals surface area contributed by atoms with Gasteiger partial charge < -0.3 is 5.32 Å². The maximum Gasteiger partial charge on any atom is 0.0971 e. The zero-order chi connectivity index (χ0) is 14.9. The van der Waals surface area contributed by atoms with Gasteiger partial charge in [-0.2, -0.15) is 5.10 Å². The topological polar surface area (TPSA) is 29.9 Å². The average Bonchev–Trinajstić information content (AvgIpc) is 2.73. The molecule has 1 aromatic heterocycles. The molecule has 0 spiro atoms. The number of aromatic nitrogens is 2. The summed E-state index contributed by atoms with van der Waals surface area (Å²) in [6, 6.07) is 6.55. The summed E-state index contributed by atoms with van der Waals surface area (Å²) >= 11 is 0. The van der Waals surface area contributed by atoms with E-state index in [1.54, 1.807) is 0 Å². The van der Waals surface area contributed by atoms with E-state index in [4.69, 9.17) is 5.10 Å². The summed E-state index contributed by atoms with van der Waals surface area (Å²) in [5.74, 6) is 0. The van der Waals surface area contributed by atoms with Gasteiger partial charge in [0.2, 0.25) is 0 Å². The second kappa shape index (κ2) is 5.41. The summed E-state index contributed by atoms with van der Waals surface area (Å²) in [6.45, 7) is 11.6. The van der Waals surface area contributed by atoms with E-state index in [0.717, 1.165) is 12.2 Å². The van der Waals surface area contributed by atoms with Gasteiger partial charge in [-0.05, 0) is 47.2 Å². The van der Waals surface area contributed by atoms with Crippen LogP contribution in [-0.4, -0.2) is 16.8 Å². The van der Waals surface area contributed by atoms with E-state index in [-0.39, 0.29) is 5.54 Å². The van der Waals surface area contributed by atoms with Gasteiger partial charge in [0.05, 0.1) is 11.2 Å². The number of nitrogens with one attached hydrogen (secondary N) is 1. The summed E-state index contributed by atoms with van der Waals surface area (Å²) in [5, 5.41) is 8.07. The van der Waals surface area contributed by atoms with Crippen molar-refractivity contribution in [1.82, 2.24) is 15.1 Å². The molecule has 2 rings (SSSR count). The molecule has 20 heavy (non-hydrogen) atoms. The Kier molecular flexibility index (Phi) is 4.00. The van der Waals surface area contributed by atoms with Gasteiger partial charge in [0, 0.05) is 23.9 Å². The molecule has 1 aromatic carbocycles. The number of rotatable bonds is 3. The van der Waals surface area contributed by atoms with Crippen molar-refractivity contribution in [3.05, 3.63) is 41.1 Å². The minimum Gasteiger partial charge on any atom is -0.316 e. The quantitative estimate of drug-likeness (QED) is 0.923. The third-order valence-electron chi connectivity index (χ3n) is 3.48. The lowest BCUT2D eigenvalue weighted by molar-refractivity contribution is 0.356. The van der Waals surface area contributed by atoms with Crippen LogP contribution in [0.15, 0.2) is 24.4 Å². The molecule has 0 saturated carbocycles. The number of hydrogen-bond acceptors (Lipinski definition) is 2. The monoisotopic (exact) mass is 271 g/mol. The van der Waals surface area contributed by atoms with Crippen molar-refractivity contribution in [3.8, 4) is 11.3 Å². The standard InChI is InChI=1S/C17H25N3/c1-12-7-8-15(13(2)9-12)16-14(10-18-6)11-20(19-16)17(3,4)5/h7-9,11,18H,10H2,1-6H3. The lowest BCUT2D eigenvalue weighted by Gasteiger charge is -2.19. The lowest BCUT2D eigenvalue weighted by atomic mass is 10.0. The fourth-order valence-electron chi connectivity index (χ4n) is 2.38. The highest BCUT2D eigenvalue weighted by Crippen LogP contribution is 2.28. The molecule has 0 aliphatic carbocycles. The van der Waals surface area contributed by atoms with E-state index in [2.05, 4.69) is 69.0 Å². The van der Waals surface area contributed by atoms with Crippen LogP contribution in [0.3, 0.4) is 0 Å². The molecule has 0 aliphatic heterocycles. The van der Waals surface area contributed by atoms with Crippen LogP contribution in [0.4, 0.5) is 0 Å². The van der Waals surface area contributed by atoms with Gasteiger partial charge in [0.1, 0.15) is 0 Å². The van der Waals surface area contributed by atoms with Crippen molar-refractivity contribution >= 4 is 0 Å². The third-order valence-corrected chi connectivity index (χ3v) is 3.48. The van der Waals surface area contributed by atoms with Crippen LogP contribution in [0.25, 0.3) is 11.3 Å². The maximum atomic E-state index is 4.84. The molecular weight excluding hydrogens is 246 g/mol. The molecular formula is C17H25N3. The predicted octanol–water partition coefficient (Wildman–Crippen LogP) is 3.64. The number of hydrogen-bond donors (Lipinski definition) is 1. The normalized spacial score (nSPS) is 11.9. The molecule has 0 atom stereocenters. The SMILES string of the molecule is CNCc1cn(C(C)(C)C)nc1-c1ccc(C)cc1C. The molecule has 0 fully saturated rings. The minimum atomic E-state index is -0.000652. The van der Waals surface area contributed by atoms with Crippen molar-refractivity contribution in [2.75, 3.05) is 7.05 Å². The molecule has 0 aliphatic rings. The van der Waals surface area contributed by atoms with Gasteiger partial charge in [-0.1, -0.05) is 23.8 Å². The second-order valence-corrected chi connectivity index (χ2v) is 6.47. The zero-order valence-corrected chi connectivity index (χ0v) is 13.4. The summed E-state index contributed by atoms with van der Waals surface area (Å²) in [4.78, 5) is 0. The molecule has 2 aromatic rings. The van der Waals surface area contributed by atoms with E-state index in [1.807, 2.05) is 7.05 Å². The Hall–Kier alpha value is -1.61. The van der Waals surface area contributed by atoms with Crippen LogP contribution in [-0.2, 0) is 12.1 Å². The molecule has 0 bridgehead atoms. The summed E-state index contributed by atoms with van der Waals surface area (Å²) < 4.78 is 2.06. The molecule has 1 N–H and O–H groups in total. The van der Waals surface area contributed by atoms with E-state index < -0.39 is 0 Å². The fraction of sp³-hybridized carbons (Fsp3) is 0.471. The van der Waals surface area contributed by atoms with Crippen LogP contribution in [0.5, 0.6) is 0 Å². The first-order chi connectivity index (χ1) is 9.32. The molecule has 3 heteroatoms. The van der Waals surface area contributed by atoms with Gasteiger partial charge in [0.25, 0.3) is 0 Å². The molecule has 3 nitrogen and oxygen atoms in total. The Balaban J connectivity index is 2.56. The Bertz CT molecular complexity index is 603. The second-order valence-electron chi connectivity index (χ2n) is 6.47. The van der Waals surface area contributed by atoms with Gasteiger partial charge in [-0.25, -0.2) is 0 Å². The largest absolute Gasteiger partial charge is 0.316 e. The maximum absolute atomic E-state index is 4.84. The van der Waals surface area contributed by atoms with E-state index in [0.29, 0.717) is 0 Å². The summed E-state index contributed by atoms with van der Waals surface area (Å²) in [7, 11) is 1.97. The first-order valence-corrected chi connectivity index (χ1v) is 7.14. The summed E-state index contributed by atoms with van der Waals surface area (Å²) in [5.41, 5.74) is 6.13. The van der Waals surface area contributed by atoms with Gasteiger partial charge >= 0.3 is 0 Å². The highest BCUT2D eigenvalue weighted by atomic mass is 15.3. The number of benzene rings is 1. The van der Waals surface area contributed by atoms with E-state index in [1.165, 1.54) is 22.3 Å². The van der Waals surface area contributed by atoms with E-state index in [9.17, 15) is 0 Å². The van der Waals surface area contributed by atoms with Gasteiger partial charge in [-0.3, -0.25) is 4.68 Å². The molecule has 0 amide bonds. The zero-order valence-electron chi connectivity index (χ0n) is 13.4.